The topological polar surface area (TPSA) is 0 Å². The van der Waals surface area contributed by atoms with Crippen molar-refractivity contribution >= 4 is 37.5 Å². The van der Waals surface area contributed by atoms with Gasteiger partial charge in [-0.05, 0) is 0 Å². The van der Waals surface area contributed by atoms with Crippen LogP contribution in [-0.2, 0) is 0 Å². The molecule has 0 atom stereocenters. The summed E-state index contributed by atoms with van der Waals surface area (Å²) in [5.74, 6) is 0. The molecule has 0 fully saturated rings. The molecule has 0 spiro atoms. The third-order valence-corrected chi connectivity index (χ3v) is 16.2. The van der Waals surface area contributed by atoms with E-state index in [1.54, 1.807) is 8.79 Å². The molecule has 2 rings (SSSR count). The van der Waals surface area contributed by atoms with Crippen LogP contribution in [-0.4, -0.2) is 28.7 Å². The van der Waals surface area contributed by atoms with E-state index in [9.17, 15) is 0 Å². The zero-order chi connectivity index (χ0) is 16.2. The zero-order valence-electron chi connectivity index (χ0n) is 14.6. The van der Waals surface area contributed by atoms with Crippen LogP contribution in [0, 0.1) is 0 Å². The van der Waals surface area contributed by atoms with Gasteiger partial charge in [-0.2, -0.15) is 0 Å². The maximum absolute atomic E-state index is 2.34. The van der Waals surface area contributed by atoms with E-state index in [1.807, 2.05) is 0 Å². The standard InChI is InChI=1S/C14H15Ge.C6H15Ge/c1-2-15(13-9-5-3-6-10-13)14-11-7-4-8-12-14;1-4-7(5-2)6-3/h3-12H,2H2,1H3;4-6H2,1-3H3. The second kappa shape index (κ2) is 12.0. The molecule has 0 aliphatic carbocycles. The summed E-state index contributed by atoms with van der Waals surface area (Å²) in [5, 5.41) is 5.88. The van der Waals surface area contributed by atoms with Crippen LogP contribution >= 0.6 is 0 Å². The fourth-order valence-corrected chi connectivity index (χ4v) is 10.7. The van der Waals surface area contributed by atoms with Crippen molar-refractivity contribution in [2.75, 3.05) is 0 Å². The van der Waals surface area contributed by atoms with E-state index < -0.39 is 28.7 Å². The summed E-state index contributed by atoms with van der Waals surface area (Å²) in [6.07, 6.45) is 0. The van der Waals surface area contributed by atoms with Gasteiger partial charge in [0.15, 0.2) is 0 Å². The first-order chi connectivity index (χ1) is 10.8. The fourth-order valence-electron chi connectivity index (χ4n) is 2.60. The Labute approximate surface area is 146 Å². The van der Waals surface area contributed by atoms with Crippen molar-refractivity contribution in [3.8, 4) is 0 Å². The maximum atomic E-state index is 2.34. The van der Waals surface area contributed by atoms with Gasteiger partial charge in [0.1, 0.15) is 0 Å². The molecule has 0 bridgehead atoms. The molecule has 0 unspecified atom stereocenters. The second-order valence-electron chi connectivity index (χ2n) is 5.37. The molecule has 22 heavy (non-hydrogen) atoms. The predicted octanol–water partition coefficient (Wildman–Crippen LogP) is 4.86. The molecule has 0 aliphatic heterocycles. The van der Waals surface area contributed by atoms with Crippen LogP contribution in [0.3, 0.4) is 0 Å². The first-order valence-electron chi connectivity index (χ1n) is 8.56. The van der Waals surface area contributed by atoms with Gasteiger partial charge in [-0.3, -0.25) is 0 Å². The summed E-state index contributed by atoms with van der Waals surface area (Å²) in [5.41, 5.74) is 0. The molecule has 2 heteroatoms. The number of rotatable bonds is 6. The molecular formula is C20H30Ge2. The van der Waals surface area contributed by atoms with Crippen molar-refractivity contribution in [3.05, 3.63) is 60.7 Å². The molecule has 0 N–H and O–H groups in total. The van der Waals surface area contributed by atoms with Crippen LogP contribution in [0.4, 0.5) is 0 Å². The van der Waals surface area contributed by atoms with Gasteiger partial charge in [-0.1, -0.05) is 0 Å². The molecular weight excluding hydrogens is 385 g/mol. The Morgan fingerprint density at radius 1 is 0.545 bits per heavy atom. The van der Waals surface area contributed by atoms with E-state index in [4.69, 9.17) is 0 Å². The SMILES string of the molecule is C[CH2][Ge]([CH2]C)[CH2]C.C[CH2][Ge]([c]1ccccc1)[c]1ccccc1. The first-order valence-corrected chi connectivity index (χ1v) is 16.6. The molecule has 0 aliphatic rings. The van der Waals surface area contributed by atoms with Gasteiger partial charge < -0.3 is 0 Å². The van der Waals surface area contributed by atoms with E-state index >= 15 is 0 Å². The van der Waals surface area contributed by atoms with Crippen molar-refractivity contribution in [2.24, 2.45) is 0 Å². The van der Waals surface area contributed by atoms with Crippen molar-refractivity contribution in [2.45, 2.75) is 48.7 Å². The van der Waals surface area contributed by atoms with Crippen molar-refractivity contribution in [1.29, 1.82) is 0 Å². The summed E-state index contributed by atoms with van der Waals surface area (Å²) in [4.78, 5) is 0. The summed E-state index contributed by atoms with van der Waals surface area (Å²) >= 11 is -1.63. The Morgan fingerprint density at radius 3 is 1.14 bits per heavy atom. The Bertz CT molecular complexity index is 433. The van der Waals surface area contributed by atoms with Gasteiger partial charge in [0.25, 0.3) is 0 Å². The molecule has 0 amide bonds. The van der Waals surface area contributed by atoms with E-state index in [0.29, 0.717) is 0 Å². The first kappa shape index (κ1) is 19.6. The van der Waals surface area contributed by atoms with E-state index in [2.05, 4.69) is 88.4 Å². The van der Waals surface area contributed by atoms with Gasteiger partial charge in [0.2, 0.25) is 0 Å². The third-order valence-electron chi connectivity index (χ3n) is 4.10. The second-order valence-corrected chi connectivity index (χ2v) is 18.9. The van der Waals surface area contributed by atoms with Gasteiger partial charge in [-0.15, -0.1) is 0 Å². The number of hydrogen-bond donors (Lipinski definition) is 0. The minimum atomic E-state index is -1.22. The number of hydrogen-bond acceptors (Lipinski definition) is 0. The molecule has 0 saturated heterocycles. The summed E-state index contributed by atoms with van der Waals surface area (Å²) in [7, 11) is 0. The van der Waals surface area contributed by atoms with Gasteiger partial charge in [0.05, 0.1) is 0 Å². The van der Waals surface area contributed by atoms with Gasteiger partial charge >= 0.3 is 147 Å². The minimum absolute atomic E-state index is 0.403. The molecule has 2 aromatic rings. The predicted molar refractivity (Wildman–Crippen MR) is 106 cm³/mol. The molecule has 118 valence electrons. The average Bonchev–Trinajstić information content (AvgIpc) is 2.60. The van der Waals surface area contributed by atoms with E-state index in [-0.39, 0.29) is 0 Å². The summed E-state index contributed by atoms with van der Waals surface area (Å²) in [6, 6.07) is 21.9. The quantitative estimate of drug-likeness (QED) is 0.591. The molecule has 2 aromatic carbocycles. The average molecular weight is 416 g/mol. The third kappa shape index (κ3) is 6.74. The monoisotopic (exact) mass is 418 g/mol. The molecule has 0 saturated carbocycles. The fraction of sp³-hybridized carbons (Fsp3) is 0.400. The van der Waals surface area contributed by atoms with E-state index in [0.717, 1.165) is 0 Å². The zero-order valence-corrected chi connectivity index (χ0v) is 18.8. The van der Waals surface area contributed by atoms with Crippen LogP contribution in [0.1, 0.15) is 27.7 Å². The number of benzene rings is 2. The van der Waals surface area contributed by atoms with Crippen LogP contribution < -0.4 is 8.79 Å². The molecule has 2 radical (unpaired) electrons. The Morgan fingerprint density at radius 2 is 0.909 bits per heavy atom. The normalized spacial score (nSPS) is 10.5. The van der Waals surface area contributed by atoms with Gasteiger partial charge in [-0.25, -0.2) is 0 Å². The Kier molecular flexibility index (Phi) is 10.7. The van der Waals surface area contributed by atoms with E-state index in [1.165, 1.54) is 21.0 Å². The van der Waals surface area contributed by atoms with Crippen molar-refractivity contribution < 1.29 is 0 Å². The summed E-state index contributed by atoms with van der Waals surface area (Å²) < 4.78 is 3.15. The molecule has 0 heterocycles. The summed E-state index contributed by atoms with van der Waals surface area (Å²) in [6.45, 7) is 9.32. The Balaban J connectivity index is 0.000000295. The van der Waals surface area contributed by atoms with Crippen LogP contribution in [0.5, 0.6) is 0 Å². The molecule has 0 nitrogen and oxygen atoms in total. The van der Waals surface area contributed by atoms with Crippen LogP contribution in [0.2, 0.25) is 21.0 Å². The van der Waals surface area contributed by atoms with Crippen molar-refractivity contribution in [3.63, 3.8) is 0 Å². The Hall–Kier alpha value is -0.474. The van der Waals surface area contributed by atoms with Crippen molar-refractivity contribution in [1.82, 2.24) is 0 Å². The van der Waals surface area contributed by atoms with Gasteiger partial charge in [0, 0.05) is 0 Å². The van der Waals surface area contributed by atoms with Crippen LogP contribution in [0.25, 0.3) is 0 Å². The molecule has 0 aromatic heterocycles. The van der Waals surface area contributed by atoms with Crippen LogP contribution in [0.15, 0.2) is 60.7 Å².